The topological polar surface area (TPSA) is 138 Å². The van der Waals surface area contributed by atoms with Crippen molar-refractivity contribution in [3.05, 3.63) is 53.9 Å². The smallest absolute Gasteiger partial charge is 0.349 e. The third-order valence-corrected chi connectivity index (χ3v) is 4.32. The number of carboxylic acid groups (broad SMARTS) is 1. The molecule has 0 aliphatic rings. The van der Waals surface area contributed by atoms with Gasteiger partial charge in [0, 0.05) is 30.6 Å². The Bertz CT molecular complexity index is 1060. The van der Waals surface area contributed by atoms with E-state index in [9.17, 15) is 19.7 Å². The van der Waals surface area contributed by atoms with Crippen LogP contribution in [0.15, 0.2) is 29.1 Å². The number of anilines is 1. The highest BCUT2D eigenvalue weighted by Gasteiger charge is 2.13. The first-order valence-electron chi connectivity index (χ1n) is 6.97. The molecule has 0 radical (unpaired) electrons. The van der Waals surface area contributed by atoms with Crippen molar-refractivity contribution in [2.24, 2.45) is 0 Å². The second-order valence-electron chi connectivity index (χ2n) is 4.71. The summed E-state index contributed by atoms with van der Waals surface area (Å²) in [6, 6.07) is 7.29. The molecule has 128 valence electrons. The van der Waals surface area contributed by atoms with E-state index in [0.717, 1.165) is 11.3 Å². The Balaban J connectivity index is 2.57. The quantitative estimate of drug-likeness (QED) is 0.583. The first-order chi connectivity index (χ1) is 11.9. The molecule has 0 aliphatic heterocycles. The summed E-state index contributed by atoms with van der Waals surface area (Å²) in [5.74, 6) is -1.41. The normalized spacial score (nSPS) is 12.4. The van der Waals surface area contributed by atoms with Crippen molar-refractivity contribution in [2.45, 2.75) is 13.5 Å². The lowest BCUT2D eigenvalue weighted by Crippen LogP contribution is -2.32. The Labute approximate surface area is 144 Å². The van der Waals surface area contributed by atoms with Crippen molar-refractivity contribution in [3.8, 4) is 6.07 Å². The predicted molar refractivity (Wildman–Crippen MR) is 91.3 cm³/mol. The van der Waals surface area contributed by atoms with Crippen LogP contribution in [0, 0.1) is 21.4 Å². The minimum absolute atomic E-state index is 0.0505. The molecule has 2 rings (SSSR count). The van der Waals surface area contributed by atoms with Crippen LogP contribution in [0.5, 0.6) is 0 Å². The van der Waals surface area contributed by atoms with Gasteiger partial charge in [-0.3, -0.25) is 19.5 Å². The first kappa shape index (κ1) is 17.9. The number of hydrogen-bond donors (Lipinski definition) is 2. The Morgan fingerprint density at radius 1 is 1.56 bits per heavy atom. The number of aliphatic carboxylic acids is 1. The Morgan fingerprint density at radius 2 is 2.28 bits per heavy atom. The molecule has 0 amide bonds. The molecule has 0 aliphatic carbocycles. The third-order valence-electron chi connectivity index (χ3n) is 3.19. The van der Waals surface area contributed by atoms with Gasteiger partial charge in [-0.1, -0.05) is 6.07 Å². The molecular weight excluding hydrogens is 348 g/mol. The van der Waals surface area contributed by atoms with Crippen molar-refractivity contribution in [1.29, 1.82) is 5.26 Å². The zero-order valence-corrected chi connectivity index (χ0v) is 13.7. The number of nitro groups is 1. The van der Waals surface area contributed by atoms with E-state index in [1.807, 2.05) is 0 Å². The maximum absolute atomic E-state index is 12.3. The fourth-order valence-electron chi connectivity index (χ4n) is 2.04. The lowest BCUT2D eigenvalue weighted by Gasteiger charge is -1.98. The number of non-ortho nitro benzene ring substituents is 1. The molecule has 0 atom stereocenters. The molecule has 0 bridgehead atoms. The number of nitrogens with one attached hydrogen (secondary N) is 1. The summed E-state index contributed by atoms with van der Waals surface area (Å²) in [7, 11) is 0. The van der Waals surface area contributed by atoms with Crippen LogP contribution in [0.3, 0.4) is 0 Å². The number of carbonyl (C=O) groups is 1. The van der Waals surface area contributed by atoms with Crippen molar-refractivity contribution in [3.63, 3.8) is 0 Å². The van der Waals surface area contributed by atoms with Crippen LogP contribution < -0.4 is 20.1 Å². The molecule has 2 N–H and O–H groups in total. The van der Waals surface area contributed by atoms with Crippen LogP contribution in [0.4, 0.5) is 11.4 Å². The average molecular weight is 360 g/mol. The highest BCUT2D eigenvalue weighted by molar-refractivity contribution is 7.07. The van der Waals surface area contributed by atoms with Crippen LogP contribution in [-0.4, -0.2) is 20.6 Å². The van der Waals surface area contributed by atoms with Gasteiger partial charge >= 0.3 is 5.97 Å². The summed E-state index contributed by atoms with van der Waals surface area (Å²) in [6.45, 7) is 1.86. The molecule has 25 heavy (non-hydrogen) atoms. The zero-order chi connectivity index (χ0) is 18.6. The lowest BCUT2D eigenvalue weighted by molar-refractivity contribution is -0.384. The number of carboxylic acids is 1. The van der Waals surface area contributed by atoms with Gasteiger partial charge in [-0.15, -0.1) is 11.3 Å². The summed E-state index contributed by atoms with van der Waals surface area (Å²) in [4.78, 5) is 33.7. The number of hydrogen-bond acceptors (Lipinski definition) is 7. The van der Waals surface area contributed by atoms with Crippen molar-refractivity contribution < 1.29 is 14.8 Å². The van der Waals surface area contributed by atoms with Crippen molar-refractivity contribution in [2.75, 3.05) is 5.32 Å². The van der Waals surface area contributed by atoms with Gasteiger partial charge in [-0.05, 0) is 13.0 Å². The number of rotatable bonds is 5. The van der Waals surface area contributed by atoms with Crippen molar-refractivity contribution in [1.82, 2.24) is 4.57 Å². The molecule has 0 saturated carbocycles. The van der Waals surface area contributed by atoms with Crippen LogP contribution in [0.25, 0.3) is 11.8 Å². The SMILES string of the molecule is CCn1c(=O)/c(=C\Nc2cccc([N+](=O)[O-])c2)s/c1=C(/C#N)C(=O)O. The van der Waals surface area contributed by atoms with E-state index in [1.54, 1.807) is 19.1 Å². The van der Waals surface area contributed by atoms with Gasteiger partial charge in [0.2, 0.25) is 0 Å². The summed E-state index contributed by atoms with van der Waals surface area (Å²) >= 11 is 0.860. The molecule has 1 aromatic carbocycles. The monoisotopic (exact) mass is 360 g/mol. The first-order valence-corrected chi connectivity index (χ1v) is 7.79. The molecule has 2 aromatic rings. The van der Waals surface area contributed by atoms with E-state index >= 15 is 0 Å². The van der Waals surface area contributed by atoms with Crippen LogP contribution in [-0.2, 0) is 11.3 Å². The Hall–Kier alpha value is -3.45. The lowest BCUT2D eigenvalue weighted by atomic mass is 10.3. The molecule has 0 saturated heterocycles. The minimum atomic E-state index is -1.41. The van der Waals surface area contributed by atoms with Gasteiger partial charge < -0.3 is 10.4 Å². The van der Waals surface area contributed by atoms with Gasteiger partial charge in [0.15, 0.2) is 5.57 Å². The second-order valence-corrected chi connectivity index (χ2v) is 5.74. The van der Waals surface area contributed by atoms with Crippen LogP contribution in [0.1, 0.15) is 6.92 Å². The second kappa shape index (κ2) is 7.41. The van der Waals surface area contributed by atoms with E-state index in [0.29, 0.717) is 5.69 Å². The molecule has 1 heterocycles. The fraction of sp³-hybridized carbons (Fsp3) is 0.133. The number of nitriles is 1. The van der Waals surface area contributed by atoms with Gasteiger partial charge in [0.25, 0.3) is 11.2 Å². The average Bonchev–Trinajstić information content (AvgIpc) is 2.89. The standard InChI is InChI=1S/C15H12N4O5S/c1-2-18-13(20)12(25-14(18)11(7-16)15(21)22)8-17-9-4-3-5-10(6-9)19(23)24/h3-6,8,17H,2H2,1H3,(H,21,22)/b12-8+,14-11-. The molecular formula is C15H12N4O5S. The fourth-order valence-corrected chi connectivity index (χ4v) is 3.12. The number of nitro benzene ring substituents is 1. The molecule has 1 aromatic heterocycles. The zero-order valence-electron chi connectivity index (χ0n) is 12.9. The van der Waals surface area contributed by atoms with Crippen LogP contribution >= 0.6 is 11.3 Å². The molecule has 0 unspecified atom stereocenters. The number of thiazole rings is 1. The number of benzene rings is 1. The Morgan fingerprint density at radius 3 is 2.84 bits per heavy atom. The molecule has 0 spiro atoms. The highest BCUT2D eigenvalue weighted by Crippen LogP contribution is 2.16. The van der Waals surface area contributed by atoms with E-state index in [2.05, 4.69) is 5.32 Å². The largest absolute Gasteiger partial charge is 0.477 e. The summed E-state index contributed by atoms with van der Waals surface area (Å²) in [5, 5.41) is 31.6. The predicted octanol–water partition coefficient (Wildman–Crippen LogP) is 0.447. The van der Waals surface area contributed by atoms with E-state index in [-0.39, 0.29) is 21.4 Å². The highest BCUT2D eigenvalue weighted by atomic mass is 32.1. The summed E-state index contributed by atoms with van der Waals surface area (Å²) < 4.78 is 1.42. The molecule has 9 nitrogen and oxygen atoms in total. The summed E-state index contributed by atoms with van der Waals surface area (Å²) in [6.07, 6.45) is 1.33. The third kappa shape index (κ3) is 3.73. The van der Waals surface area contributed by atoms with Crippen LogP contribution in [0.2, 0.25) is 0 Å². The molecule has 0 fully saturated rings. The van der Waals surface area contributed by atoms with Gasteiger partial charge in [-0.25, -0.2) is 4.79 Å². The van der Waals surface area contributed by atoms with E-state index in [4.69, 9.17) is 10.4 Å². The Kier molecular flexibility index (Phi) is 5.31. The van der Waals surface area contributed by atoms with Gasteiger partial charge in [0.05, 0.1) is 4.92 Å². The van der Waals surface area contributed by atoms with Crippen molar-refractivity contribution >= 4 is 40.5 Å². The van der Waals surface area contributed by atoms with E-state index in [1.165, 1.54) is 29.0 Å². The minimum Gasteiger partial charge on any atom is -0.477 e. The maximum Gasteiger partial charge on any atom is 0.349 e. The number of nitrogens with zero attached hydrogens (tertiary/aromatic N) is 3. The molecule has 10 heteroatoms. The van der Waals surface area contributed by atoms with Gasteiger partial charge in [0.1, 0.15) is 15.3 Å². The van der Waals surface area contributed by atoms with Gasteiger partial charge in [-0.2, -0.15) is 5.26 Å². The summed E-state index contributed by atoms with van der Waals surface area (Å²) in [5.41, 5.74) is -0.676. The maximum atomic E-state index is 12.3. The number of aromatic nitrogens is 1. The van der Waals surface area contributed by atoms with E-state index < -0.39 is 22.0 Å².